The van der Waals surface area contributed by atoms with Gasteiger partial charge in [0.25, 0.3) is 5.91 Å². The van der Waals surface area contributed by atoms with E-state index < -0.39 is 5.82 Å². The van der Waals surface area contributed by atoms with Crippen LogP contribution in [0.25, 0.3) is 16.8 Å². The minimum absolute atomic E-state index is 0.152. The fourth-order valence-electron chi connectivity index (χ4n) is 2.82. The Morgan fingerprint density at radius 3 is 2.67 bits per heavy atom. The fourth-order valence-corrected chi connectivity index (χ4v) is 2.82. The monoisotopic (exact) mass is 362 g/mol. The van der Waals surface area contributed by atoms with Gasteiger partial charge in [-0.1, -0.05) is 18.2 Å². The highest BCUT2D eigenvalue weighted by atomic mass is 19.1. The van der Waals surface area contributed by atoms with Gasteiger partial charge in [-0.25, -0.2) is 4.39 Å². The fraction of sp³-hybridized carbons (Fsp3) is 0.0500. The zero-order valence-corrected chi connectivity index (χ0v) is 14.1. The Balaban J connectivity index is 1.61. The van der Waals surface area contributed by atoms with Gasteiger partial charge >= 0.3 is 0 Å². The van der Waals surface area contributed by atoms with Gasteiger partial charge in [0.1, 0.15) is 11.6 Å². The maximum Gasteiger partial charge on any atom is 0.251 e. The molecule has 0 saturated heterocycles. The number of fused-ring (bicyclic) bond motifs is 1. The molecular weight excluding hydrogens is 347 g/mol. The first-order valence-corrected chi connectivity index (χ1v) is 8.27. The van der Waals surface area contributed by atoms with Crippen LogP contribution in [0.2, 0.25) is 0 Å². The number of carbonyl (C=O) groups is 1. The number of nitrogens with zero attached hydrogens (tertiary/aromatic N) is 3. The number of hydrogen-bond donors (Lipinski definition) is 2. The molecule has 0 aliphatic heterocycles. The molecule has 2 N–H and O–H groups in total. The summed E-state index contributed by atoms with van der Waals surface area (Å²) in [5.74, 6) is -0.329. The molecule has 0 saturated carbocycles. The number of halogens is 1. The second kappa shape index (κ2) is 6.87. The maximum absolute atomic E-state index is 13.2. The van der Waals surface area contributed by atoms with Crippen LogP contribution in [0.3, 0.4) is 0 Å². The summed E-state index contributed by atoms with van der Waals surface area (Å²) in [4.78, 5) is 12.2. The van der Waals surface area contributed by atoms with Crippen LogP contribution < -0.4 is 5.32 Å². The molecule has 0 aliphatic carbocycles. The smallest absolute Gasteiger partial charge is 0.251 e. The molecule has 1 amide bonds. The average molecular weight is 362 g/mol. The Labute approximate surface area is 153 Å². The van der Waals surface area contributed by atoms with Crippen molar-refractivity contribution < 1.29 is 14.3 Å². The lowest BCUT2D eigenvalue weighted by atomic mass is 10.1. The van der Waals surface area contributed by atoms with Crippen molar-refractivity contribution >= 4 is 11.6 Å². The number of carbonyl (C=O) groups excluding carboxylic acids is 1. The second-order valence-electron chi connectivity index (χ2n) is 5.97. The molecule has 2 heterocycles. The Hall–Kier alpha value is -3.74. The Bertz CT molecular complexity index is 1130. The zero-order chi connectivity index (χ0) is 18.8. The van der Waals surface area contributed by atoms with E-state index in [1.54, 1.807) is 47.0 Å². The van der Waals surface area contributed by atoms with Crippen molar-refractivity contribution in [1.29, 1.82) is 0 Å². The third-order valence-corrected chi connectivity index (χ3v) is 4.19. The average Bonchev–Trinajstić information content (AvgIpc) is 3.09. The molecule has 0 spiro atoms. The van der Waals surface area contributed by atoms with Gasteiger partial charge in [0.15, 0.2) is 11.5 Å². The number of rotatable bonds is 4. The van der Waals surface area contributed by atoms with E-state index in [9.17, 15) is 14.3 Å². The van der Waals surface area contributed by atoms with Gasteiger partial charge < -0.3 is 10.4 Å². The van der Waals surface area contributed by atoms with Gasteiger partial charge in [-0.3, -0.25) is 9.20 Å². The van der Waals surface area contributed by atoms with Crippen LogP contribution in [0.5, 0.6) is 5.75 Å². The minimum atomic E-state index is -0.508. The molecule has 0 bridgehead atoms. The van der Waals surface area contributed by atoms with E-state index in [4.69, 9.17) is 0 Å². The van der Waals surface area contributed by atoms with Crippen molar-refractivity contribution in [3.05, 3.63) is 84.1 Å². The first kappa shape index (κ1) is 16.7. The number of aromatic nitrogens is 3. The largest absolute Gasteiger partial charge is 0.507 e. The van der Waals surface area contributed by atoms with Crippen molar-refractivity contribution in [3.8, 4) is 16.9 Å². The summed E-state index contributed by atoms with van der Waals surface area (Å²) in [6, 6.07) is 16.3. The third-order valence-electron chi connectivity index (χ3n) is 4.19. The summed E-state index contributed by atoms with van der Waals surface area (Å²) in [5, 5.41) is 21.0. The van der Waals surface area contributed by atoms with Crippen LogP contribution in [0.1, 0.15) is 16.2 Å². The molecule has 0 radical (unpaired) electrons. The number of hydrogen-bond acceptors (Lipinski definition) is 4. The van der Waals surface area contributed by atoms with Gasteiger partial charge in [0.2, 0.25) is 0 Å². The van der Waals surface area contributed by atoms with Gasteiger partial charge in [-0.05, 0) is 36.4 Å². The highest BCUT2D eigenvalue weighted by Crippen LogP contribution is 2.29. The van der Waals surface area contributed by atoms with Crippen LogP contribution in [-0.2, 0) is 6.54 Å². The summed E-state index contributed by atoms with van der Waals surface area (Å²) in [5.41, 5.74) is 2.33. The molecule has 2 aromatic carbocycles. The van der Waals surface area contributed by atoms with E-state index in [0.717, 1.165) is 6.07 Å². The number of benzene rings is 2. The molecular formula is C20H15FN4O2. The summed E-state index contributed by atoms with van der Waals surface area (Å²) in [6.45, 7) is 0.188. The second-order valence-corrected chi connectivity index (χ2v) is 5.97. The Morgan fingerprint density at radius 1 is 1.07 bits per heavy atom. The van der Waals surface area contributed by atoms with Crippen molar-refractivity contribution in [3.63, 3.8) is 0 Å². The molecule has 0 fully saturated rings. The molecule has 2 aromatic heterocycles. The molecule has 134 valence electrons. The number of aromatic hydroxyl groups is 1. The Morgan fingerprint density at radius 2 is 1.89 bits per heavy atom. The van der Waals surface area contributed by atoms with Gasteiger partial charge in [-0.15, -0.1) is 10.2 Å². The highest BCUT2D eigenvalue weighted by Gasteiger charge is 2.11. The van der Waals surface area contributed by atoms with E-state index in [1.165, 1.54) is 12.1 Å². The topological polar surface area (TPSA) is 79.5 Å². The van der Waals surface area contributed by atoms with E-state index >= 15 is 0 Å². The first-order chi connectivity index (χ1) is 13.1. The van der Waals surface area contributed by atoms with Crippen LogP contribution in [0.15, 0.2) is 66.9 Å². The minimum Gasteiger partial charge on any atom is -0.507 e. The third kappa shape index (κ3) is 3.35. The number of nitrogens with one attached hydrogen (secondary N) is 1. The van der Waals surface area contributed by atoms with Crippen LogP contribution in [-0.4, -0.2) is 25.6 Å². The number of amides is 1. The molecule has 4 aromatic rings. The predicted octanol–water partition coefficient (Wildman–Crippen LogP) is 3.17. The molecule has 7 heteroatoms. The van der Waals surface area contributed by atoms with E-state index in [2.05, 4.69) is 15.5 Å². The molecule has 0 aliphatic rings. The Kier molecular flexibility index (Phi) is 4.25. The van der Waals surface area contributed by atoms with Crippen LogP contribution in [0.4, 0.5) is 4.39 Å². The zero-order valence-electron chi connectivity index (χ0n) is 14.1. The van der Waals surface area contributed by atoms with Crippen LogP contribution >= 0.6 is 0 Å². The number of pyridine rings is 1. The van der Waals surface area contributed by atoms with Crippen molar-refractivity contribution in [2.75, 3.05) is 0 Å². The molecule has 6 nitrogen and oxygen atoms in total. The number of phenolic OH excluding ortho intramolecular Hbond substituents is 1. The standard InChI is InChI=1S/C20H15FN4O2/c21-15-7-8-16(17(26)10-15)14-6-9-18-23-24-19(25(18)12-14)11-22-20(27)13-4-2-1-3-5-13/h1-10,12,26H,11H2,(H,22,27). The molecule has 0 unspecified atom stereocenters. The SMILES string of the molecule is O=C(NCc1nnc2ccc(-c3ccc(F)cc3O)cn12)c1ccccc1. The van der Waals surface area contributed by atoms with E-state index in [1.807, 2.05) is 6.07 Å². The lowest BCUT2D eigenvalue weighted by Gasteiger charge is -2.07. The van der Waals surface area contributed by atoms with Crippen molar-refractivity contribution in [2.24, 2.45) is 0 Å². The van der Waals surface area contributed by atoms with E-state index in [0.29, 0.717) is 28.2 Å². The summed E-state index contributed by atoms with van der Waals surface area (Å²) < 4.78 is 14.9. The van der Waals surface area contributed by atoms with Gasteiger partial charge in [0.05, 0.1) is 6.54 Å². The lowest BCUT2D eigenvalue weighted by molar-refractivity contribution is 0.0950. The molecule has 27 heavy (non-hydrogen) atoms. The summed E-state index contributed by atoms with van der Waals surface area (Å²) in [7, 11) is 0. The van der Waals surface area contributed by atoms with E-state index in [-0.39, 0.29) is 18.2 Å². The quantitative estimate of drug-likeness (QED) is 0.584. The van der Waals surface area contributed by atoms with Gasteiger partial charge in [-0.2, -0.15) is 0 Å². The van der Waals surface area contributed by atoms with Crippen molar-refractivity contribution in [1.82, 2.24) is 19.9 Å². The normalized spacial score (nSPS) is 10.9. The summed E-state index contributed by atoms with van der Waals surface area (Å²) in [6.07, 6.45) is 1.74. The van der Waals surface area contributed by atoms with Gasteiger partial charge in [0, 0.05) is 29.0 Å². The van der Waals surface area contributed by atoms with Crippen LogP contribution in [0, 0.1) is 5.82 Å². The van der Waals surface area contributed by atoms with Crippen molar-refractivity contribution in [2.45, 2.75) is 6.54 Å². The lowest BCUT2D eigenvalue weighted by Crippen LogP contribution is -2.23. The highest BCUT2D eigenvalue weighted by molar-refractivity contribution is 5.94. The molecule has 4 rings (SSSR count). The first-order valence-electron chi connectivity index (χ1n) is 8.27. The molecule has 0 atom stereocenters. The predicted molar refractivity (Wildman–Crippen MR) is 97.7 cm³/mol. The number of phenols is 1. The maximum atomic E-state index is 13.2. The summed E-state index contributed by atoms with van der Waals surface area (Å²) >= 11 is 0.